The molecule has 1 saturated heterocycles. The first-order chi connectivity index (χ1) is 11.1. The maximum absolute atomic E-state index is 11.3. The fraction of sp³-hybridized carbons (Fsp3) is 0.333. The molecule has 0 atom stereocenters. The summed E-state index contributed by atoms with van der Waals surface area (Å²) in [5.74, 6) is 0.0284. The van der Waals surface area contributed by atoms with Gasteiger partial charge >= 0.3 is 0 Å². The average molecular weight is 318 g/mol. The van der Waals surface area contributed by atoms with E-state index in [2.05, 4.69) is 20.6 Å². The van der Waals surface area contributed by atoms with Gasteiger partial charge in [-0.2, -0.15) is 5.10 Å². The summed E-state index contributed by atoms with van der Waals surface area (Å²) in [4.78, 5) is 13.9. The van der Waals surface area contributed by atoms with Gasteiger partial charge in [0.05, 0.1) is 24.4 Å². The minimum Gasteiger partial charge on any atom is -0.378 e. The van der Waals surface area contributed by atoms with E-state index in [-0.39, 0.29) is 11.6 Å². The summed E-state index contributed by atoms with van der Waals surface area (Å²) >= 11 is 0. The Labute approximate surface area is 130 Å². The molecule has 2 heterocycles. The largest absolute Gasteiger partial charge is 0.378 e. The number of hydrogen-bond acceptors (Lipinski definition) is 9. The van der Waals surface area contributed by atoms with Gasteiger partial charge in [-0.05, 0) is 16.5 Å². The van der Waals surface area contributed by atoms with Crippen molar-refractivity contribution < 1.29 is 9.66 Å². The molecule has 1 aromatic carbocycles. The predicted molar refractivity (Wildman–Crippen MR) is 81.3 cm³/mol. The van der Waals surface area contributed by atoms with Crippen molar-refractivity contribution in [2.24, 2.45) is 5.10 Å². The lowest BCUT2D eigenvalue weighted by Gasteiger charge is -2.28. The van der Waals surface area contributed by atoms with E-state index in [4.69, 9.17) is 10.5 Å². The summed E-state index contributed by atoms with van der Waals surface area (Å²) in [7, 11) is 0. The molecule has 0 unspecified atom stereocenters. The number of aromatic nitrogens is 4. The van der Waals surface area contributed by atoms with Crippen molar-refractivity contribution >= 4 is 23.5 Å². The second-order valence-electron chi connectivity index (χ2n) is 4.78. The van der Waals surface area contributed by atoms with Crippen LogP contribution in [0.4, 0.5) is 17.3 Å². The first-order valence-corrected chi connectivity index (χ1v) is 6.84. The summed E-state index contributed by atoms with van der Waals surface area (Å²) in [6.07, 6.45) is 1.41. The first kappa shape index (κ1) is 14.8. The smallest absolute Gasteiger partial charge is 0.293 e. The molecule has 2 N–H and O–H groups in total. The molecule has 1 aromatic heterocycles. The van der Waals surface area contributed by atoms with E-state index in [0.717, 1.165) is 4.79 Å². The SMILES string of the molecule is Nc1nnnn1/N=C/c1ccc(N2CCOCC2)c([N+](=O)[O-])c1. The highest BCUT2D eigenvalue weighted by molar-refractivity contribution is 5.83. The quantitative estimate of drug-likeness (QED) is 0.468. The van der Waals surface area contributed by atoms with Gasteiger partial charge in [0.2, 0.25) is 0 Å². The third-order valence-corrected chi connectivity index (χ3v) is 3.34. The number of hydrogen-bond donors (Lipinski definition) is 1. The van der Waals surface area contributed by atoms with E-state index < -0.39 is 4.92 Å². The normalized spacial score (nSPS) is 15.2. The molecule has 1 aliphatic rings. The molecular weight excluding hydrogens is 304 g/mol. The van der Waals surface area contributed by atoms with Crippen LogP contribution in [0.15, 0.2) is 23.3 Å². The molecule has 0 aliphatic carbocycles. The van der Waals surface area contributed by atoms with Gasteiger partial charge in [0.15, 0.2) is 0 Å². The molecule has 0 radical (unpaired) electrons. The molecule has 1 aliphatic heterocycles. The Morgan fingerprint density at radius 2 is 2.17 bits per heavy atom. The van der Waals surface area contributed by atoms with Crippen LogP contribution >= 0.6 is 0 Å². The predicted octanol–water partition coefficient (Wildman–Crippen LogP) is -0.118. The summed E-state index contributed by atoms with van der Waals surface area (Å²) in [5, 5.41) is 25.7. The topological polar surface area (TPSA) is 138 Å². The lowest BCUT2D eigenvalue weighted by Crippen LogP contribution is -2.36. The van der Waals surface area contributed by atoms with Gasteiger partial charge < -0.3 is 15.4 Å². The number of tetrazole rings is 1. The van der Waals surface area contributed by atoms with Crippen molar-refractivity contribution in [3.05, 3.63) is 33.9 Å². The maximum Gasteiger partial charge on any atom is 0.293 e. The standard InChI is InChI=1S/C12H14N8O3/c13-12-15-16-17-19(12)14-8-9-1-2-10(11(7-9)20(21)22)18-3-5-23-6-4-18/h1-2,7-8H,3-6H2,(H2,13,15,17)/b14-8+. The van der Waals surface area contributed by atoms with E-state index >= 15 is 0 Å². The van der Waals surface area contributed by atoms with Crippen LogP contribution in [0.2, 0.25) is 0 Å². The number of nitro benzene ring substituents is 1. The molecule has 120 valence electrons. The van der Waals surface area contributed by atoms with Crippen molar-refractivity contribution in [2.45, 2.75) is 0 Å². The highest BCUT2D eigenvalue weighted by Crippen LogP contribution is 2.29. The van der Waals surface area contributed by atoms with Crippen LogP contribution in [0.5, 0.6) is 0 Å². The number of nitro groups is 1. The number of morpholine rings is 1. The number of anilines is 2. The Bertz CT molecular complexity index is 738. The van der Waals surface area contributed by atoms with Gasteiger partial charge in [0.25, 0.3) is 11.6 Å². The second kappa shape index (κ2) is 6.36. The number of nitrogens with two attached hydrogens (primary N) is 1. The van der Waals surface area contributed by atoms with Crippen molar-refractivity contribution in [3.63, 3.8) is 0 Å². The van der Waals surface area contributed by atoms with Crippen LogP contribution in [-0.4, -0.2) is 57.8 Å². The molecule has 0 saturated carbocycles. The summed E-state index contributed by atoms with van der Waals surface area (Å²) < 4.78 is 5.27. The molecule has 3 rings (SSSR count). The van der Waals surface area contributed by atoms with Crippen LogP contribution < -0.4 is 10.6 Å². The molecule has 23 heavy (non-hydrogen) atoms. The minimum atomic E-state index is -0.409. The molecular formula is C12H14N8O3. The zero-order chi connectivity index (χ0) is 16.2. The monoisotopic (exact) mass is 318 g/mol. The van der Waals surface area contributed by atoms with Crippen molar-refractivity contribution in [1.82, 2.24) is 20.3 Å². The minimum absolute atomic E-state index is 0.0144. The summed E-state index contributed by atoms with van der Waals surface area (Å²) in [6.45, 7) is 2.35. The Hall–Kier alpha value is -3.08. The van der Waals surface area contributed by atoms with Gasteiger partial charge in [-0.3, -0.25) is 10.1 Å². The first-order valence-electron chi connectivity index (χ1n) is 6.84. The Balaban J connectivity index is 1.88. The zero-order valence-electron chi connectivity index (χ0n) is 12.1. The molecule has 2 aromatic rings. The van der Waals surface area contributed by atoms with E-state index in [1.54, 1.807) is 12.1 Å². The molecule has 1 fully saturated rings. The Morgan fingerprint density at radius 3 is 2.83 bits per heavy atom. The van der Waals surface area contributed by atoms with Crippen molar-refractivity contribution in [1.29, 1.82) is 0 Å². The Morgan fingerprint density at radius 1 is 1.39 bits per heavy atom. The van der Waals surface area contributed by atoms with E-state index in [9.17, 15) is 10.1 Å². The second-order valence-corrected chi connectivity index (χ2v) is 4.78. The van der Waals surface area contributed by atoms with E-state index in [1.165, 1.54) is 12.3 Å². The number of benzene rings is 1. The fourth-order valence-electron chi connectivity index (χ4n) is 2.23. The van der Waals surface area contributed by atoms with Crippen molar-refractivity contribution in [3.8, 4) is 0 Å². The third kappa shape index (κ3) is 3.23. The van der Waals surface area contributed by atoms with E-state index in [0.29, 0.717) is 37.6 Å². The summed E-state index contributed by atoms with van der Waals surface area (Å²) in [5.41, 5.74) is 6.62. The lowest BCUT2D eigenvalue weighted by atomic mass is 10.1. The van der Waals surface area contributed by atoms with Gasteiger partial charge in [-0.25, -0.2) is 0 Å². The third-order valence-electron chi connectivity index (χ3n) is 3.34. The number of ether oxygens (including phenoxy) is 1. The summed E-state index contributed by atoms with van der Waals surface area (Å²) in [6, 6.07) is 4.89. The number of nitrogens with zero attached hydrogens (tertiary/aromatic N) is 7. The van der Waals surface area contributed by atoms with Gasteiger partial charge in [-0.1, -0.05) is 16.0 Å². The highest BCUT2D eigenvalue weighted by atomic mass is 16.6. The Kier molecular flexibility index (Phi) is 4.10. The van der Waals surface area contributed by atoms with E-state index in [1.807, 2.05) is 4.90 Å². The van der Waals surface area contributed by atoms with Crippen LogP contribution in [0.3, 0.4) is 0 Å². The fourth-order valence-corrected chi connectivity index (χ4v) is 2.23. The molecule has 0 amide bonds. The van der Waals surface area contributed by atoms with Crippen molar-refractivity contribution in [2.75, 3.05) is 36.9 Å². The van der Waals surface area contributed by atoms with Gasteiger partial charge in [0.1, 0.15) is 5.69 Å². The van der Waals surface area contributed by atoms with Crippen LogP contribution in [0.25, 0.3) is 0 Å². The van der Waals surface area contributed by atoms with Crippen LogP contribution in [0.1, 0.15) is 5.56 Å². The van der Waals surface area contributed by atoms with Gasteiger partial charge in [0, 0.05) is 24.7 Å². The van der Waals surface area contributed by atoms with Gasteiger partial charge in [-0.15, -0.1) is 0 Å². The number of nitrogen functional groups attached to an aromatic ring is 1. The molecule has 0 spiro atoms. The molecule has 11 nitrogen and oxygen atoms in total. The zero-order valence-corrected chi connectivity index (χ0v) is 12.1. The highest BCUT2D eigenvalue weighted by Gasteiger charge is 2.21. The van der Waals surface area contributed by atoms with Crippen LogP contribution in [0, 0.1) is 10.1 Å². The molecule has 11 heteroatoms. The number of rotatable bonds is 4. The molecule has 0 bridgehead atoms. The average Bonchev–Trinajstić information content (AvgIpc) is 2.98. The van der Waals surface area contributed by atoms with Crippen LogP contribution in [-0.2, 0) is 4.74 Å². The maximum atomic E-state index is 11.3. The lowest BCUT2D eigenvalue weighted by molar-refractivity contribution is -0.384.